The summed E-state index contributed by atoms with van der Waals surface area (Å²) >= 11 is 0. The van der Waals surface area contributed by atoms with Gasteiger partial charge in [-0.15, -0.1) is 0 Å². The van der Waals surface area contributed by atoms with Gasteiger partial charge in [0.15, 0.2) is 6.10 Å². The minimum absolute atomic E-state index is 0.262. The maximum Gasteiger partial charge on any atom is 0.266 e. The molecule has 2 aliphatic heterocycles. The van der Waals surface area contributed by atoms with Crippen molar-refractivity contribution in [3.8, 4) is 5.75 Å². The number of anilines is 3. The fourth-order valence-corrected chi connectivity index (χ4v) is 4.69. The van der Waals surface area contributed by atoms with Crippen LogP contribution in [0.25, 0.3) is 0 Å². The monoisotopic (exact) mass is 471 g/mol. The number of carbonyl (C=O) groups excluding carboxylic acids is 2. The van der Waals surface area contributed by atoms with E-state index in [1.54, 1.807) is 29.3 Å². The largest absolute Gasteiger partial charge is 0.494 e. The molecule has 3 aromatic carbocycles. The molecule has 2 heterocycles. The normalized spacial score (nSPS) is 21.4. The molecule has 7 nitrogen and oxygen atoms in total. The number of hydroxylamine groups is 1. The topological polar surface area (TPSA) is 62.3 Å². The van der Waals surface area contributed by atoms with Crippen LogP contribution in [0.4, 0.5) is 17.1 Å². The number of benzene rings is 3. The molecular formula is C28H29N3O4. The van der Waals surface area contributed by atoms with Crippen molar-refractivity contribution in [3.05, 3.63) is 84.4 Å². The van der Waals surface area contributed by atoms with E-state index in [-0.39, 0.29) is 11.8 Å². The molecule has 0 saturated carbocycles. The molecular weight excluding hydrogens is 442 g/mol. The molecule has 2 amide bonds. The zero-order chi connectivity index (χ0) is 24.5. The van der Waals surface area contributed by atoms with E-state index in [9.17, 15) is 9.59 Å². The number of fused-ring (bicyclic) bond motifs is 1. The van der Waals surface area contributed by atoms with Crippen molar-refractivity contribution < 1.29 is 19.2 Å². The van der Waals surface area contributed by atoms with Gasteiger partial charge in [-0.05, 0) is 60.5 Å². The lowest BCUT2D eigenvalue weighted by Crippen LogP contribution is -2.37. The number of carbonyl (C=O) groups is 2. The smallest absolute Gasteiger partial charge is 0.266 e. The Kier molecular flexibility index (Phi) is 6.17. The summed E-state index contributed by atoms with van der Waals surface area (Å²) in [6.07, 6.45) is 0.0117. The average molecular weight is 472 g/mol. The van der Waals surface area contributed by atoms with Gasteiger partial charge in [-0.1, -0.05) is 37.3 Å². The molecule has 180 valence electrons. The third-order valence-electron chi connectivity index (χ3n) is 6.44. The maximum absolute atomic E-state index is 13.7. The second-order valence-electron chi connectivity index (χ2n) is 9.00. The van der Waals surface area contributed by atoms with Crippen LogP contribution in [0.15, 0.2) is 78.9 Å². The Morgan fingerprint density at radius 2 is 1.54 bits per heavy atom. The van der Waals surface area contributed by atoms with Gasteiger partial charge in [0.25, 0.3) is 5.91 Å². The van der Waals surface area contributed by atoms with Crippen molar-refractivity contribution in [2.45, 2.75) is 25.5 Å². The van der Waals surface area contributed by atoms with Crippen molar-refractivity contribution in [2.75, 3.05) is 35.6 Å². The van der Waals surface area contributed by atoms with Gasteiger partial charge >= 0.3 is 0 Å². The Bertz CT molecular complexity index is 1200. The summed E-state index contributed by atoms with van der Waals surface area (Å²) in [5.41, 5.74) is 3.29. The SMILES string of the molecule is CCCOc1ccc(N2C(=O)[C@@H]3[C@@H](ON(c4ccccc4)[C@H]3c3ccc(N(C)C)cc3)C2=O)cc1. The van der Waals surface area contributed by atoms with Gasteiger partial charge in [0.1, 0.15) is 11.7 Å². The number of imide groups is 1. The Morgan fingerprint density at radius 3 is 2.17 bits per heavy atom. The molecule has 0 spiro atoms. The Labute approximate surface area is 205 Å². The molecule has 5 rings (SSSR count). The first-order valence-corrected chi connectivity index (χ1v) is 11.9. The average Bonchev–Trinajstić information content (AvgIpc) is 3.39. The lowest BCUT2D eigenvalue weighted by atomic mass is 9.90. The van der Waals surface area contributed by atoms with Gasteiger partial charge in [-0.25, -0.2) is 9.96 Å². The number of nitrogens with zero attached hydrogens (tertiary/aromatic N) is 3. The number of hydrogen-bond acceptors (Lipinski definition) is 6. The second kappa shape index (κ2) is 9.43. The summed E-state index contributed by atoms with van der Waals surface area (Å²) in [6, 6.07) is 24.3. The van der Waals surface area contributed by atoms with E-state index in [1.165, 1.54) is 4.90 Å². The molecule has 0 aliphatic carbocycles. The van der Waals surface area contributed by atoms with E-state index < -0.39 is 18.1 Å². The van der Waals surface area contributed by atoms with Crippen LogP contribution >= 0.6 is 0 Å². The fraction of sp³-hybridized carbons (Fsp3) is 0.286. The quantitative estimate of drug-likeness (QED) is 0.470. The second-order valence-corrected chi connectivity index (χ2v) is 9.00. The highest BCUT2D eigenvalue weighted by molar-refractivity contribution is 6.23. The van der Waals surface area contributed by atoms with Gasteiger partial charge in [0.2, 0.25) is 5.91 Å². The van der Waals surface area contributed by atoms with Crippen LogP contribution in [0.5, 0.6) is 5.75 Å². The zero-order valence-corrected chi connectivity index (χ0v) is 20.1. The third kappa shape index (κ3) is 4.12. The molecule has 2 saturated heterocycles. The van der Waals surface area contributed by atoms with Crippen LogP contribution in [-0.4, -0.2) is 38.6 Å². The van der Waals surface area contributed by atoms with E-state index in [4.69, 9.17) is 9.57 Å². The van der Waals surface area contributed by atoms with Crippen molar-refractivity contribution >= 4 is 28.9 Å². The molecule has 2 aliphatic rings. The van der Waals surface area contributed by atoms with Gasteiger partial charge in [-0.2, -0.15) is 0 Å². The van der Waals surface area contributed by atoms with Gasteiger partial charge < -0.3 is 9.64 Å². The zero-order valence-electron chi connectivity index (χ0n) is 20.1. The first kappa shape index (κ1) is 22.9. The number of amides is 2. The number of ether oxygens (including phenoxy) is 1. The van der Waals surface area contributed by atoms with Crippen molar-refractivity contribution in [3.63, 3.8) is 0 Å². The predicted octanol–water partition coefficient (Wildman–Crippen LogP) is 4.59. The minimum atomic E-state index is -0.891. The van der Waals surface area contributed by atoms with Crippen LogP contribution in [0.1, 0.15) is 24.9 Å². The predicted molar refractivity (Wildman–Crippen MR) is 136 cm³/mol. The number of rotatable bonds is 7. The van der Waals surface area contributed by atoms with Crippen LogP contribution < -0.4 is 19.6 Å². The highest BCUT2D eigenvalue weighted by atomic mass is 16.7. The standard InChI is InChI=1S/C28H29N3O4/c1-4-18-34-23-16-14-21(15-17-23)30-27(32)24-25(19-10-12-20(13-11-19)29(2)3)31(35-26(24)28(30)33)22-8-6-5-7-9-22/h5-17,24-26H,4,18H2,1-3H3/t24-,25-,26+/m0/s1. The first-order valence-electron chi connectivity index (χ1n) is 11.9. The molecule has 35 heavy (non-hydrogen) atoms. The van der Waals surface area contributed by atoms with E-state index in [0.29, 0.717) is 18.0 Å². The molecule has 0 bridgehead atoms. The lowest BCUT2D eigenvalue weighted by Gasteiger charge is -2.29. The van der Waals surface area contributed by atoms with Crippen LogP contribution in [0.3, 0.4) is 0 Å². The molecule has 7 heteroatoms. The molecule has 3 atom stereocenters. The Morgan fingerprint density at radius 1 is 0.857 bits per heavy atom. The van der Waals surface area contributed by atoms with Crippen molar-refractivity contribution in [2.24, 2.45) is 5.92 Å². The summed E-state index contributed by atoms with van der Waals surface area (Å²) in [5.74, 6) is -0.568. The van der Waals surface area contributed by atoms with Crippen LogP contribution in [0, 0.1) is 5.92 Å². The van der Waals surface area contributed by atoms with E-state index in [0.717, 1.165) is 23.4 Å². The molecule has 0 N–H and O–H groups in total. The van der Waals surface area contributed by atoms with Crippen LogP contribution in [0.2, 0.25) is 0 Å². The van der Waals surface area contributed by atoms with Crippen molar-refractivity contribution in [1.29, 1.82) is 0 Å². The minimum Gasteiger partial charge on any atom is -0.494 e. The number of hydrogen-bond donors (Lipinski definition) is 0. The van der Waals surface area contributed by atoms with Gasteiger partial charge in [0.05, 0.1) is 24.0 Å². The maximum atomic E-state index is 13.7. The van der Waals surface area contributed by atoms with Crippen molar-refractivity contribution in [1.82, 2.24) is 0 Å². The Balaban J connectivity index is 1.49. The molecule has 0 aromatic heterocycles. The molecule has 0 radical (unpaired) electrons. The third-order valence-corrected chi connectivity index (χ3v) is 6.44. The van der Waals surface area contributed by atoms with Gasteiger partial charge in [0, 0.05) is 19.8 Å². The molecule has 3 aromatic rings. The van der Waals surface area contributed by atoms with E-state index in [1.807, 2.05) is 80.5 Å². The van der Waals surface area contributed by atoms with Crippen LogP contribution in [-0.2, 0) is 14.4 Å². The fourth-order valence-electron chi connectivity index (χ4n) is 4.69. The van der Waals surface area contributed by atoms with E-state index >= 15 is 0 Å². The molecule has 0 unspecified atom stereocenters. The summed E-state index contributed by atoms with van der Waals surface area (Å²) in [5, 5.41) is 1.72. The lowest BCUT2D eigenvalue weighted by molar-refractivity contribution is -0.126. The molecule has 2 fully saturated rings. The summed E-state index contributed by atoms with van der Waals surface area (Å²) in [7, 11) is 3.96. The summed E-state index contributed by atoms with van der Waals surface area (Å²) in [6.45, 7) is 2.65. The van der Waals surface area contributed by atoms with Gasteiger partial charge in [-0.3, -0.25) is 14.4 Å². The highest BCUT2D eigenvalue weighted by Gasteiger charge is 2.60. The van der Waals surface area contributed by atoms with E-state index in [2.05, 4.69) is 0 Å². The summed E-state index contributed by atoms with van der Waals surface area (Å²) < 4.78 is 5.64. The number of para-hydroxylation sites is 1. The summed E-state index contributed by atoms with van der Waals surface area (Å²) in [4.78, 5) is 36.7. The highest BCUT2D eigenvalue weighted by Crippen LogP contribution is 2.47. The first-order chi connectivity index (χ1) is 17.0. The Hall–Kier alpha value is -3.84.